The van der Waals surface area contributed by atoms with Gasteiger partial charge in [0.15, 0.2) is 0 Å². The molecule has 1 aliphatic rings. The van der Waals surface area contributed by atoms with E-state index in [4.69, 9.17) is 5.73 Å². The normalized spacial score (nSPS) is 16.3. The Morgan fingerprint density at radius 2 is 2.00 bits per heavy atom. The van der Waals surface area contributed by atoms with Gasteiger partial charge in [-0.3, -0.25) is 14.7 Å². The van der Waals surface area contributed by atoms with Crippen LogP contribution < -0.4 is 5.73 Å². The van der Waals surface area contributed by atoms with Gasteiger partial charge in [0.25, 0.3) is 0 Å². The topological polar surface area (TPSA) is 59.2 Å². The number of pyridine rings is 1. The van der Waals surface area contributed by atoms with Crippen LogP contribution in [0.15, 0.2) is 24.5 Å². The molecule has 1 heterocycles. The van der Waals surface area contributed by atoms with Crippen molar-refractivity contribution in [3.63, 3.8) is 0 Å². The van der Waals surface area contributed by atoms with Crippen LogP contribution in [-0.4, -0.2) is 34.9 Å². The molecular weight excluding hydrogens is 226 g/mol. The molecule has 1 saturated carbocycles. The number of rotatable bonds is 6. The molecule has 1 fully saturated rings. The van der Waals surface area contributed by atoms with Gasteiger partial charge in [-0.25, -0.2) is 0 Å². The number of hydrogen-bond donors (Lipinski definition) is 1. The second kappa shape index (κ2) is 6.50. The molecule has 2 rings (SSSR count). The van der Waals surface area contributed by atoms with Gasteiger partial charge in [-0.05, 0) is 37.0 Å². The van der Waals surface area contributed by atoms with E-state index < -0.39 is 0 Å². The summed E-state index contributed by atoms with van der Waals surface area (Å²) in [7, 11) is 0. The van der Waals surface area contributed by atoms with Gasteiger partial charge in [-0.15, -0.1) is 0 Å². The Balaban J connectivity index is 1.90. The molecule has 0 spiro atoms. The first-order valence-electron chi connectivity index (χ1n) is 6.67. The Labute approximate surface area is 108 Å². The van der Waals surface area contributed by atoms with Crippen molar-refractivity contribution in [3.05, 3.63) is 30.1 Å². The molecular formula is C14H21N3O. The standard InChI is InChI=1S/C14H21N3O/c15-14(18)11-17(13-3-1-2-4-13)10-7-12-5-8-16-9-6-12/h5-6,8-9,13H,1-4,7,10-11H2,(H2,15,18). The van der Waals surface area contributed by atoms with Crippen LogP contribution in [0.3, 0.4) is 0 Å². The van der Waals surface area contributed by atoms with E-state index in [0.717, 1.165) is 13.0 Å². The van der Waals surface area contributed by atoms with Gasteiger partial charge in [0.2, 0.25) is 5.91 Å². The molecule has 2 N–H and O–H groups in total. The molecule has 0 atom stereocenters. The lowest BCUT2D eigenvalue weighted by Gasteiger charge is -2.27. The third-order valence-electron chi connectivity index (χ3n) is 3.64. The minimum atomic E-state index is -0.225. The lowest BCUT2D eigenvalue weighted by molar-refractivity contribution is -0.119. The lowest BCUT2D eigenvalue weighted by Crippen LogP contribution is -2.41. The Kier molecular flexibility index (Phi) is 4.70. The van der Waals surface area contributed by atoms with E-state index in [2.05, 4.69) is 9.88 Å². The average molecular weight is 247 g/mol. The monoisotopic (exact) mass is 247 g/mol. The summed E-state index contributed by atoms with van der Waals surface area (Å²) in [5.74, 6) is -0.225. The van der Waals surface area contributed by atoms with Crippen LogP contribution in [-0.2, 0) is 11.2 Å². The molecule has 18 heavy (non-hydrogen) atoms. The maximum absolute atomic E-state index is 11.1. The molecule has 4 heteroatoms. The maximum Gasteiger partial charge on any atom is 0.231 e. The minimum Gasteiger partial charge on any atom is -0.369 e. The van der Waals surface area contributed by atoms with Gasteiger partial charge in [0.05, 0.1) is 6.54 Å². The highest BCUT2D eigenvalue weighted by molar-refractivity contribution is 5.75. The van der Waals surface area contributed by atoms with Gasteiger partial charge in [-0.2, -0.15) is 0 Å². The second-order valence-electron chi connectivity index (χ2n) is 4.98. The molecule has 1 aromatic rings. The highest BCUT2D eigenvalue weighted by atomic mass is 16.1. The number of carbonyl (C=O) groups excluding carboxylic acids is 1. The summed E-state index contributed by atoms with van der Waals surface area (Å²) < 4.78 is 0. The quantitative estimate of drug-likeness (QED) is 0.825. The van der Waals surface area contributed by atoms with Gasteiger partial charge in [-0.1, -0.05) is 12.8 Å². The molecule has 1 aromatic heterocycles. The molecule has 0 saturated heterocycles. The van der Waals surface area contributed by atoms with Crippen LogP contribution in [0.25, 0.3) is 0 Å². The SMILES string of the molecule is NC(=O)CN(CCc1ccncc1)C1CCCC1. The maximum atomic E-state index is 11.1. The predicted molar refractivity (Wildman–Crippen MR) is 71.0 cm³/mol. The summed E-state index contributed by atoms with van der Waals surface area (Å²) in [4.78, 5) is 17.4. The van der Waals surface area contributed by atoms with Gasteiger partial charge in [0.1, 0.15) is 0 Å². The molecule has 4 nitrogen and oxygen atoms in total. The lowest BCUT2D eigenvalue weighted by atomic mass is 10.1. The first-order valence-corrected chi connectivity index (χ1v) is 6.67. The van der Waals surface area contributed by atoms with Gasteiger partial charge < -0.3 is 5.73 Å². The average Bonchev–Trinajstić information content (AvgIpc) is 2.89. The number of nitrogens with zero attached hydrogens (tertiary/aromatic N) is 2. The summed E-state index contributed by atoms with van der Waals surface area (Å²) >= 11 is 0. The van der Waals surface area contributed by atoms with Crippen LogP contribution in [0.5, 0.6) is 0 Å². The predicted octanol–water partition coefficient (Wildman–Crippen LogP) is 1.35. The number of primary amides is 1. The van der Waals surface area contributed by atoms with E-state index >= 15 is 0 Å². The highest BCUT2D eigenvalue weighted by Crippen LogP contribution is 2.23. The van der Waals surface area contributed by atoms with Crippen molar-refractivity contribution in [2.24, 2.45) is 5.73 Å². The highest BCUT2D eigenvalue weighted by Gasteiger charge is 2.23. The number of carbonyl (C=O) groups is 1. The third kappa shape index (κ3) is 3.81. The van der Waals surface area contributed by atoms with Crippen LogP contribution in [0.2, 0.25) is 0 Å². The molecule has 1 aliphatic carbocycles. The fourth-order valence-corrected chi connectivity index (χ4v) is 2.68. The first-order chi connectivity index (χ1) is 8.75. The number of nitrogens with two attached hydrogens (primary N) is 1. The van der Waals surface area contributed by atoms with E-state index in [1.165, 1.54) is 31.2 Å². The molecule has 0 radical (unpaired) electrons. The Hall–Kier alpha value is -1.42. The Morgan fingerprint density at radius 3 is 2.61 bits per heavy atom. The minimum absolute atomic E-state index is 0.225. The fourth-order valence-electron chi connectivity index (χ4n) is 2.68. The zero-order chi connectivity index (χ0) is 12.8. The molecule has 0 aromatic carbocycles. The van der Waals surface area contributed by atoms with Gasteiger partial charge >= 0.3 is 0 Å². The summed E-state index contributed by atoms with van der Waals surface area (Å²) in [6, 6.07) is 4.59. The smallest absolute Gasteiger partial charge is 0.231 e. The summed E-state index contributed by atoms with van der Waals surface area (Å²) in [6.45, 7) is 1.29. The zero-order valence-electron chi connectivity index (χ0n) is 10.7. The van der Waals surface area contributed by atoms with Crippen molar-refractivity contribution in [1.82, 2.24) is 9.88 Å². The van der Waals surface area contributed by atoms with Crippen molar-refractivity contribution in [3.8, 4) is 0 Å². The third-order valence-corrected chi connectivity index (χ3v) is 3.64. The van der Waals surface area contributed by atoms with Crippen molar-refractivity contribution in [1.29, 1.82) is 0 Å². The second-order valence-corrected chi connectivity index (χ2v) is 4.98. The fraction of sp³-hybridized carbons (Fsp3) is 0.571. The van der Waals surface area contributed by atoms with Crippen LogP contribution in [0.4, 0.5) is 0 Å². The van der Waals surface area contributed by atoms with Crippen LogP contribution in [0.1, 0.15) is 31.2 Å². The Morgan fingerprint density at radius 1 is 1.33 bits per heavy atom. The van der Waals surface area contributed by atoms with Crippen LogP contribution in [0, 0.1) is 0 Å². The van der Waals surface area contributed by atoms with Crippen LogP contribution >= 0.6 is 0 Å². The van der Waals surface area contributed by atoms with E-state index in [9.17, 15) is 4.79 Å². The molecule has 0 unspecified atom stereocenters. The molecule has 98 valence electrons. The zero-order valence-corrected chi connectivity index (χ0v) is 10.7. The van der Waals surface area contributed by atoms with E-state index in [-0.39, 0.29) is 5.91 Å². The Bertz CT molecular complexity index is 374. The molecule has 0 bridgehead atoms. The molecule has 0 aliphatic heterocycles. The van der Waals surface area contributed by atoms with Crippen molar-refractivity contribution >= 4 is 5.91 Å². The van der Waals surface area contributed by atoms with E-state index in [1.807, 2.05) is 24.5 Å². The van der Waals surface area contributed by atoms with E-state index in [1.54, 1.807) is 0 Å². The summed E-state index contributed by atoms with van der Waals surface area (Å²) in [6.07, 6.45) is 9.51. The summed E-state index contributed by atoms with van der Waals surface area (Å²) in [5, 5.41) is 0. The van der Waals surface area contributed by atoms with Crippen molar-refractivity contribution < 1.29 is 4.79 Å². The van der Waals surface area contributed by atoms with Crippen molar-refractivity contribution in [2.45, 2.75) is 38.1 Å². The first kappa shape index (κ1) is 13.0. The number of aromatic nitrogens is 1. The van der Waals surface area contributed by atoms with E-state index in [0.29, 0.717) is 12.6 Å². The van der Waals surface area contributed by atoms with Gasteiger partial charge in [0, 0.05) is 25.0 Å². The number of amides is 1. The molecule has 1 amide bonds. The summed E-state index contributed by atoms with van der Waals surface area (Å²) in [5.41, 5.74) is 6.60. The number of hydrogen-bond acceptors (Lipinski definition) is 3. The van der Waals surface area contributed by atoms with Crippen molar-refractivity contribution in [2.75, 3.05) is 13.1 Å². The largest absolute Gasteiger partial charge is 0.369 e.